The Morgan fingerprint density at radius 2 is 1.86 bits per heavy atom. The lowest BCUT2D eigenvalue weighted by molar-refractivity contribution is -0.131. The number of esters is 1. The molecule has 0 fully saturated rings. The summed E-state index contributed by atoms with van der Waals surface area (Å²) in [5.74, 6) is 0.977. The van der Waals surface area contributed by atoms with Gasteiger partial charge in [0.05, 0.1) is 0 Å². The molecule has 1 aliphatic rings. The van der Waals surface area contributed by atoms with E-state index in [1.807, 2.05) is 45.0 Å². The molecule has 3 heteroatoms. The van der Waals surface area contributed by atoms with Crippen molar-refractivity contribution < 1.29 is 14.3 Å². The van der Waals surface area contributed by atoms with E-state index < -0.39 is 5.60 Å². The van der Waals surface area contributed by atoms with Gasteiger partial charge in [-0.25, -0.2) is 0 Å². The van der Waals surface area contributed by atoms with Crippen molar-refractivity contribution in [3.05, 3.63) is 47.5 Å². The number of carbonyl (C=O) groups excluding carboxylic acids is 1. The summed E-state index contributed by atoms with van der Waals surface area (Å²) in [7, 11) is 0. The average molecular weight is 282 g/mol. The molecule has 0 spiro atoms. The van der Waals surface area contributed by atoms with E-state index in [0.717, 1.165) is 22.4 Å². The highest BCUT2D eigenvalue weighted by Crippen LogP contribution is 2.47. The summed E-state index contributed by atoms with van der Waals surface area (Å²) in [6.45, 7) is 7.42. The zero-order chi connectivity index (χ0) is 15.2. The monoisotopic (exact) mass is 282 g/mol. The zero-order valence-electron chi connectivity index (χ0n) is 12.7. The van der Waals surface area contributed by atoms with E-state index in [1.165, 1.54) is 12.5 Å². The highest BCUT2D eigenvalue weighted by Gasteiger charge is 2.32. The van der Waals surface area contributed by atoms with Crippen LogP contribution in [0.15, 0.2) is 36.4 Å². The average Bonchev–Trinajstić information content (AvgIpc) is 2.40. The van der Waals surface area contributed by atoms with E-state index in [0.29, 0.717) is 5.75 Å². The van der Waals surface area contributed by atoms with Crippen molar-refractivity contribution in [2.24, 2.45) is 0 Å². The summed E-state index contributed by atoms with van der Waals surface area (Å²) >= 11 is 0. The molecular weight excluding hydrogens is 264 g/mol. The third-order valence-electron chi connectivity index (χ3n) is 3.76. The second kappa shape index (κ2) is 4.62. The summed E-state index contributed by atoms with van der Waals surface area (Å²) in [5, 5.41) is 0. The standard InChI is InChI=1S/C18H18O3/c1-11-9-14-13-7-5-6-8-15(13)18(3,4)21-17(14)10-16(11)20-12(2)19/h5-10H,1-4H3. The molecule has 21 heavy (non-hydrogen) atoms. The molecule has 0 aliphatic carbocycles. The molecule has 108 valence electrons. The van der Waals surface area contributed by atoms with Crippen LogP contribution in [0, 0.1) is 6.92 Å². The van der Waals surface area contributed by atoms with E-state index >= 15 is 0 Å². The van der Waals surface area contributed by atoms with Gasteiger partial charge >= 0.3 is 5.97 Å². The molecular formula is C18H18O3. The molecule has 1 aliphatic heterocycles. The van der Waals surface area contributed by atoms with Gasteiger partial charge in [0, 0.05) is 24.1 Å². The Bertz CT molecular complexity index is 729. The fourth-order valence-electron chi connectivity index (χ4n) is 2.80. The van der Waals surface area contributed by atoms with E-state index in [4.69, 9.17) is 9.47 Å². The smallest absolute Gasteiger partial charge is 0.308 e. The number of aryl methyl sites for hydroxylation is 1. The Balaban J connectivity index is 2.20. The third kappa shape index (κ3) is 2.29. The van der Waals surface area contributed by atoms with Crippen LogP contribution in [0.2, 0.25) is 0 Å². The van der Waals surface area contributed by atoms with Crippen molar-refractivity contribution in [2.75, 3.05) is 0 Å². The molecule has 2 aromatic rings. The fraction of sp³-hybridized carbons (Fsp3) is 0.278. The van der Waals surface area contributed by atoms with Gasteiger partial charge in [-0.3, -0.25) is 4.79 Å². The molecule has 2 aromatic carbocycles. The van der Waals surface area contributed by atoms with Crippen LogP contribution in [0.5, 0.6) is 11.5 Å². The molecule has 0 saturated heterocycles. The Morgan fingerprint density at radius 1 is 1.14 bits per heavy atom. The van der Waals surface area contributed by atoms with Crippen LogP contribution < -0.4 is 9.47 Å². The first-order valence-electron chi connectivity index (χ1n) is 7.00. The number of hydrogen-bond acceptors (Lipinski definition) is 3. The second-order valence-electron chi connectivity index (χ2n) is 5.87. The lowest BCUT2D eigenvalue weighted by Gasteiger charge is -2.35. The maximum absolute atomic E-state index is 11.2. The van der Waals surface area contributed by atoms with Crippen LogP contribution >= 0.6 is 0 Å². The number of carbonyl (C=O) groups is 1. The van der Waals surface area contributed by atoms with Crippen LogP contribution in [0.4, 0.5) is 0 Å². The van der Waals surface area contributed by atoms with E-state index in [1.54, 1.807) is 0 Å². The van der Waals surface area contributed by atoms with Crippen molar-refractivity contribution >= 4 is 5.97 Å². The summed E-state index contributed by atoms with van der Waals surface area (Å²) < 4.78 is 11.4. The number of rotatable bonds is 1. The number of benzene rings is 2. The van der Waals surface area contributed by atoms with Crippen molar-refractivity contribution in [1.29, 1.82) is 0 Å². The fourth-order valence-corrected chi connectivity index (χ4v) is 2.80. The van der Waals surface area contributed by atoms with Crippen molar-refractivity contribution in [3.8, 4) is 22.6 Å². The number of fused-ring (bicyclic) bond motifs is 3. The molecule has 0 saturated carbocycles. The predicted octanol–water partition coefficient (Wildman–Crippen LogP) is 4.21. The van der Waals surface area contributed by atoms with Crippen LogP contribution in [0.3, 0.4) is 0 Å². The Kier molecular flexibility index (Phi) is 3.01. The molecule has 0 atom stereocenters. The van der Waals surface area contributed by atoms with Crippen LogP contribution in [-0.4, -0.2) is 5.97 Å². The maximum Gasteiger partial charge on any atom is 0.308 e. The topological polar surface area (TPSA) is 35.5 Å². The SMILES string of the molecule is CC(=O)Oc1cc2c(cc1C)-c1ccccc1C(C)(C)O2. The van der Waals surface area contributed by atoms with E-state index in [-0.39, 0.29) is 5.97 Å². The van der Waals surface area contributed by atoms with Crippen LogP contribution in [0.1, 0.15) is 31.9 Å². The summed E-state index contributed by atoms with van der Waals surface area (Å²) in [6.07, 6.45) is 0. The Labute approximate surface area is 124 Å². The molecule has 0 bridgehead atoms. The van der Waals surface area contributed by atoms with Crippen molar-refractivity contribution in [1.82, 2.24) is 0 Å². The normalized spacial score (nSPS) is 14.7. The number of hydrogen-bond donors (Lipinski definition) is 0. The van der Waals surface area contributed by atoms with Gasteiger partial charge in [-0.2, -0.15) is 0 Å². The van der Waals surface area contributed by atoms with Gasteiger partial charge in [-0.05, 0) is 38.0 Å². The minimum atomic E-state index is -0.410. The Hall–Kier alpha value is -2.29. The first kappa shape index (κ1) is 13.7. The van der Waals surface area contributed by atoms with Crippen molar-refractivity contribution in [2.45, 2.75) is 33.3 Å². The predicted molar refractivity (Wildman–Crippen MR) is 81.6 cm³/mol. The molecule has 3 nitrogen and oxygen atoms in total. The lowest BCUT2D eigenvalue weighted by atomic mass is 9.86. The van der Waals surface area contributed by atoms with Crippen molar-refractivity contribution in [3.63, 3.8) is 0 Å². The highest BCUT2D eigenvalue weighted by atomic mass is 16.5. The van der Waals surface area contributed by atoms with Gasteiger partial charge in [0.2, 0.25) is 0 Å². The number of ether oxygens (including phenoxy) is 2. The van der Waals surface area contributed by atoms with Gasteiger partial charge < -0.3 is 9.47 Å². The minimum absolute atomic E-state index is 0.325. The van der Waals surface area contributed by atoms with E-state index in [9.17, 15) is 4.79 Å². The highest BCUT2D eigenvalue weighted by molar-refractivity contribution is 5.79. The molecule has 0 aromatic heterocycles. The summed E-state index contributed by atoms with van der Waals surface area (Å²) in [4.78, 5) is 11.2. The van der Waals surface area contributed by atoms with E-state index in [2.05, 4.69) is 12.1 Å². The quantitative estimate of drug-likeness (QED) is 0.580. The van der Waals surface area contributed by atoms with Crippen LogP contribution in [0.25, 0.3) is 11.1 Å². The van der Waals surface area contributed by atoms with Gasteiger partial charge in [0.15, 0.2) is 0 Å². The second-order valence-corrected chi connectivity index (χ2v) is 5.87. The third-order valence-corrected chi connectivity index (χ3v) is 3.76. The van der Waals surface area contributed by atoms with Crippen LogP contribution in [-0.2, 0) is 10.4 Å². The summed E-state index contributed by atoms with van der Waals surface area (Å²) in [5.41, 5.74) is 3.88. The first-order valence-corrected chi connectivity index (χ1v) is 7.00. The van der Waals surface area contributed by atoms with Gasteiger partial charge in [0.25, 0.3) is 0 Å². The van der Waals surface area contributed by atoms with Gasteiger partial charge in [0.1, 0.15) is 17.1 Å². The lowest BCUT2D eigenvalue weighted by Crippen LogP contribution is -2.29. The molecule has 0 radical (unpaired) electrons. The molecule has 3 rings (SSSR count). The first-order chi connectivity index (χ1) is 9.88. The minimum Gasteiger partial charge on any atom is -0.482 e. The Morgan fingerprint density at radius 3 is 2.57 bits per heavy atom. The molecule has 1 heterocycles. The zero-order valence-corrected chi connectivity index (χ0v) is 12.7. The maximum atomic E-state index is 11.2. The molecule has 0 N–H and O–H groups in total. The van der Waals surface area contributed by atoms with Gasteiger partial charge in [-0.15, -0.1) is 0 Å². The summed E-state index contributed by atoms with van der Waals surface area (Å²) in [6, 6.07) is 12.1. The molecule has 0 amide bonds. The molecule has 0 unspecified atom stereocenters. The largest absolute Gasteiger partial charge is 0.482 e. The van der Waals surface area contributed by atoms with Gasteiger partial charge in [-0.1, -0.05) is 24.3 Å².